The molecule has 6 nitrogen and oxygen atoms in total. The number of nitrogens with one attached hydrogen (secondary N) is 1. The monoisotopic (exact) mass is 389 g/mol. The van der Waals surface area contributed by atoms with Crippen molar-refractivity contribution in [2.45, 2.75) is 11.8 Å². The number of ether oxygens (including phenoxy) is 1. The smallest absolute Gasteiger partial charge is 0.240 e. The first kappa shape index (κ1) is 19.7. The van der Waals surface area contributed by atoms with Crippen LogP contribution in [-0.4, -0.2) is 59.7 Å². The number of methoxy groups -OCH3 is 1. The number of rotatable bonds is 7. The van der Waals surface area contributed by atoms with Crippen molar-refractivity contribution >= 4 is 15.7 Å². The Labute approximate surface area is 161 Å². The summed E-state index contributed by atoms with van der Waals surface area (Å²) in [5, 5.41) is 0. The summed E-state index contributed by atoms with van der Waals surface area (Å²) in [4.78, 5) is 4.92. The molecule has 2 aromatic carbocycles. The molecule has 0 radical (unpaired) electrons. The average molecular weight is 390 g/mol. The fourth-order valence-corrected chi connectivity index (χ4v) is 4.43. The van der Waals surface area contributed by atoms with Crippen molar-refractivity contribution < 1.29 is 13.2 Å². The van der Waals surface area contributed by atoms with Crippen LogP contribution in [0.5, 0.6) is 5.75 Å². The van der Waals surface area contributed by atoms with Gasteiger partial charge in [-0.05, 0) is 36.8 Å². The fourth-order valence-electron chi connectivity index (χ4n) is 3.31. The Morgan fingerprint density at radius 2 is 1.78 bits per heavy atom. The molecule has 0 amide bonds. The van der Waals surface area contributed by atoms with Crippen LogP contribution in [0.25, 0.3) is 0 Å². The lowest BCUT2D eigenvalue weighted by Gasteiger charge is -2.36. The van der Waals surface area contributed by atoms with Gasteiger partial charge in [-0.15, -0.1) is 0 Å². The number of aryl methyl sites for hydroxylation is 1. The first-order valence-electron chi connectivity index (χ1n) is 9.16. The molecule has 146 valence electrons. The van der Waals surface area contributed by atoms with Gasteiger partial charge in [0.15, 0.2) is 0 Å². The van der Waals surface area contributed by atoms with Crippen molar-refractivity contribution in [3.63, 3.8) is 0 Å². The number of hydrogen-bond donors (Lipinski definition) is 1. The molecule has 0 unspecified atom stereocenters. The number of nitrogens with zero attached hydrogens (tertiary/aromatic N) is 2. The molecule has 1 aliphatic heterocycles. The second-order valence-electron chi connectivity index (χ2n) is 6.71. The number of sulfonamides is 1. The van der Waals surface area contributed by atoms with Gasteiger partial charge >= 0.3 is 0 Å². The van der Waals surface area contributed by atoms with Crippen LogP contribution < -0.4 is 14.4 Å². The highest BCUT2D eigenvalue weighted by Crippen LogP contribution is 2.28. The summed E-state index contributed by atoms with van der Waals surface area (Å²) >= 11 is 0. The molecule has 3 rings (SSSR count). The van der Waals surface area contributed by atoms with E-state index in [1.54, 1.807) is 25.3 Å². The lowest BCUT2D eigenvalue weighted by molar-refractivity contribution is 0.261. The van der Waals surface area contributed by atoms with Crippen molar-refractivity contribution in [2.75, 3.05) is 51.3 Å². The van der Waals surface area contributed by atoms with Crippen molar-refractivity contribution in [1.82, 2.24) is 9.62 Å². The maximum Gasteiger partial charge on any atom is 0.240 e. The van der Waals surface area contributed by atoms with Crippen LogP contribution in [0.4, 0.5) is 5.69 Å². The molecule has 0 aromatic heterocycles. The highest BCUT2D eigenvalue weighted by Gasteiger charge is 2.20. The zero-order chi connectivity index (χ0) is 19.3. The van der Waals surface area contributed by atoms with Crippen LogP contribution >= 0.6 is 0 Å². The number of piperazine rings is 1. The summed E-state index contributed by atoms with van der Waals surface area (Å²) < 4.78 is 32.9. The second-order valence-corrected chi connectivity index (χ2v) is 8.48. The van der Waals surface area contributed by atoms with Gasteiger partial charge in [0.2, 0.25) is 10.0 Å². The maximum atomic E-state index is 12.4. The lowest BCUT2D eigenvalue weighted by Crippen LogP contribution is -2.48. The summed E-state index contributed by atoms with van der Waals surface area (Å²) in [6.45, 7) is 6.57. The van der Waals surface area contributed by atoms with E-state index in [9.17, 15) is 8.42 Å². The van der Waals surface area contributed by atoms with Gasteiger partial charge in [0.1, 0.15) is 5.75 Å². The quantitative estimate of drug-likeness (QED) is 0.786. The summed E-state index contributed by atoms with van der Waals surface area (Å²) in [6.07, 6.45) is 0. The van der Waals surface area contributed by atoms with E-state index in [0.717, 1.165) is 43.2 Å². The summed E-state index contributed by atoms with van der Waals surface area (Å²) in [7, 11) is -1.76. The highest BCUT2D eigenvalue weighted by molar-refractivity contribution is 7.89. The number of hydrogen-bond acceptors (Lipinski definition) is 5. The van der Waals surface area contributed by atoms with Crippen molar-refractivity contribution in [3.05, 3.63) is 54.1 Å². The predicted molar refractivity (Wildman–Crippen MR) is 108 cm³/mol. The molecule has 2 aromatic rings. The Kier molecular flexibility index (Phi) is 6.36. The zero-order valence-electron chi connectivity index (χ0n) is 15.9. The number of benzene rings is 2. The van der Waals surface area contributed by atoms with Crippen LogP contribution in [0.2, 0.25) is 0 Å². The predicted octanol–water partition coefficient (Wildman–Crippen LogP) is 2.10. The molecule has 1 N–H and O–H groups in total. The second kappa shape index (κ2) is 8.73. The fraction of sp³-hybridized carbons (Fsp3) is 0.400. The molecular weight excluding hydrogens is 362 g/mol. The van der Waals surface area contributed by atoms with E-state index in [1.165, 1.54) is 0 Å². The highest BCUT2D eigenvalue weighted by atomic mass is 32.2. The van der Waals surface area contributed by atoms with E-state index in [4.69, 9.17) is 4.74 Å². The molecule has 27 heavy (non-hydrogen) atoms. The molecule has 0 bridgehead atoms. The molecule has 0 aliphatic carbocycles. The molecular formula is C20H27N3O3S. The largest absolute Gasteiger partial charge is 0.495 e. The number of para-hydroxylation sites is 2. The summed E-state index contributed by atoms with van der Waals surface area (Å²) in [6, 6.07) is 15.0. The van der Waals surface area contributed by atoms with E-state index in [1.807, 2.05) is 31.2 Å². The Balaban J connectivity index is 1.49. The van der Waals surface area contributed by atoms with Crippen LogP contribution in [0.1, 0.15) is 5.56 Å². The summed E-state index contributed by atoms with van der Waals surface area (Å²) in [5.74, 6) is 0.886. The Bertz CT molecular complexity index is 862. The van der Waals surface area contributed by atoms with Crippen LogP contribution in [0, 0.1) is 6.92 Å². The summed E-state index contributed by atoms with van der Waals surface area (Å²) in [5.41, 5.74) is 2.05. The van der Waals surface area contributed by atoms with Crippen LogP contribution in [-0.2, 0) is 10.0 Å². The number of anilines is 1. The van der Waals surface area contributed by atoms with Gasteiger partial charge in [0.25, 0.3) is 0 Å². The van der Waals surface area contributed by atoms with Crippen molar-refractivity contribution in [1.29, 1.82) is 0 Å². The molecule has 1 fully saturated rings. The minimum atomic E-state index is -3.45. The zero-order valence-corrected chi connectivity index (χ0v) is 16.7. The van der Waals surface area contributed by atoms with Gasteiger partial charge in [-0.1, -0.05) is 24.3 Å². The first-order chi connectivity index (χ1) is 13.0. The van der Waals surface area contributed by atoms with Gasteiger partial charge in [-0.25, -0.2) is 13.1 Å². The van der Waals surface area contributed by atoms with Gasteiger partial charge in [-0.3, -0.25) is 4.90 Å². The van der Waals surface area contributed by atoms with E-state index in [-0.39, 0.29) is 0 Å². The topological polar surface area (TPSA) is 61.9 Å². The van der Waals surface area contributed by atoms with Crippen LogP contribution in [0.3, 0.4) is 0 Å². The van der Waals surface area contributed by atoms with Crippen molar-refractivity contribution in [3.8, 4) is 5.75 Å². The average Bonchev–Trinajstić information content (AvgIpc) is 2.68. The Morgan fingerprint density at radius 3 is 2.48 bits per heavy atom. The van der Waals surface area contributed by atoms with Gasteiger partial charge in [0.05, 0.1) is 17.7 Å². The van der Waals surface area contributed by atoms with E-state index >= 15 is 0 Å². The third-order valence-electron chi connectivity index (χ3n) is 4.82. The van der Waals surface area contributed by atoms with Crippen molar-refractivity contribution in [2.24, 2.45) is 0 Å². The van der Waals surface area contributed by atoms with Gasteiger partial charge in [0, 0.05) is 39.3 Å². The van der Waals surface area contributed by atoms with Gasteiger partial charge < -0.3 is 9.64 Å². The molecule has 0 spiro atoms. The molecule has 0 atom stereocenters. The minimum Gasteiger partial charge on any atom is -0.495 e. The standard InChI is InChI=1S/C20H27N3O3S/c1-17-6-5-7-18(16-17)27(24,25)21-10-11-22-12-14-23(15-13-22)19-8-3-4-9-20(19)26-2/h3-9,16,21H,10-15H2,1-2H3. The van der Waals surface area contributed by atoms with E-state index < -0.39 is 10.0 Å². The molecule has 7 heteroatoms. The lowest BCUT2D eigenvalue weighted by atomic mass is 10.2. The molecule has 0 saturated carbocycles. The van der Waals surface area contributed by atoms with E-state index in [2.05, 4.69) is 20.6 Å². The van der Waals surface area contributed by atoms with E-state index in [0.29, 0.717) is 18.0 Å². The first-order valence-corrected chi connectivity index (χ1v) is 10.6. The molecule has 1 heterocycles. The minimum absolute atomic E-state index is 0.323. The maximum absolute atomic E-state index is 12.4. The SMILES string of the molecule is COc1ccccc1N1CCN(CCNS(=O)(=O)c2cccc(C)c2)CC1. The molecule has 1 saturated heterocycles. The van der Waals surface area contributed by atoms with Gasteiger partial charge in [-0.2, -0.15) is 0 Å². The normalized spacial score (nSPS) is 15.7. The third-order valence-corrected chi connectivity index (χ3v) is 6.28. The van der Waals surface area contributed by atoms with Crippen LogP contribution in [0.15, 0.2) is 53.4 Å². The molecule has 1 aliphatic rings. The third kappa shape index (κ3) is 5.00. The Morgan fingerprint density at radius 1 is 1.04 bits per heavy atom. The Hall–Kier alpha value is -2.09.